The van der Waals surface area contributed by atoms with Gasteiger partial charge in [0.25, 0.3) is 5.56 Å². The second kappa shape index (κ2) is 5.06. The van der Waals surface area contributed by atoms with Gasteiger partial charge in [0.15, 0.2) is 0 Å². The molecule has 98 valence electrons. The number of pyridine rings is 1. The van der Waals surface area contributed by atoms with Gasteiger partial charge in [-0.1, -0.05) is 6.07 Å². The van der Waals surface area contributed by atoms with Gasteiger partial charge < -0.3 is 4.57 Å². The van der Waals surface area contributed by atoms with Crippen LogP contribution in [0.5, 0.6) is 0 Å². The molecule has 2 unspecified atom stereocenters. The van der Waals surface area contributed by atoms with Crippen LogP contribution in [0.1, 0.15) is 25.7 Å². The minimum atomic E-state index is 0.0945. The van der Waals surface area contributed by atoms with Gasteiger partial charge in [-0.3, -0.25) is 9.69 Å². The zero-order chi connectivity index (χ0) is 12.5. The Morgan fingerprint density at radius 3 is 2.56 bits per heavy atom. The number of hydrogen-bond donors (Lipinski definition) is 0. The molecule has 18 heavy (non-hydrogen) atoms. The minimum absolute atomic E-state index is 0.0945. The predicted molar refractivity (Wildman–Crippen MR) is 73.1 cm³/mol. The fourth-order valence-electron chi connectivity index (χ4n) is 3.44. The Morgan fingerprint density at radius 2 is 1.89 bits per heavy atom. The first kappa shape index (κ1) is 12.2. The highest BCUT2D eigenvalue weighted by Crippen LogP contribution is 2.37. The van der Waals surface area contributed by atoms with E-state index in [1.54, 1.807) is 16.7 Å². The van der Waals surface area contributed by atoms with E-state index in [9.17, 15) is 4.79 Å². The average Bonchev–Trinajstić information content (AvgIpc) is 2.60. The Balaban J connectivity index is 1.65. The number of aromatic nitrogens is 1. The van der Waals surface area contributed by atoms with Crippen molar-refractivity contribution in [2.75, 3.05) is 6.54 Å². The molecule has 0 aliphatic carbocycles. The summed E-state index contributed by atoms with van der Waals surface area (Å²) in [4.78, 5) is 14.2. The van der Waals surface area contributed by atoms with Crippen molar-refractivity contribution in [1.82, 2.24) is 9.47 Å². The van der Waals surface area contributed by atoms with Crippen molar-refractivity contribution in [2.45, 2.75) is 49.7 Å². The topological polar surface area (TPSA) is 25.2 Å². The molecule has 2 bridgehead atoms. The zero-order valence-corrected chi connectivity index (χ0v) is 11.2. The summed E-state index contributed by atoms with van der Waals surface area (Å²) in [5.41, 5.74) is 0.0945. The van der Waals surface area contributed by atoms with Crippen LogP contribution in [-0.2, 0) is 6.54 Å². The number of hydrogen-bond acceptors (Lipinski definition) is 2. The Labute approximate surface area is 112 Å². The summed E-state index contributed by atoms with van der Waals surface area (Å²) in [7, 11) is 0. The van der Waals surface area contributed by atoms with Crippen molar-refractivity contribution in [3.05, 3.63) is 34.7 Å². The third-order valence-electron chi connectivity index (χ3n) is 4.32. The van der Waals surface area contributed by atoms with Crippen LogP contribution in [0.15, 0.2) is 29.2 Å². The molecular weight excluding hydrogens is 248 g/mol. The maximum Gasteiger partial charge on any atom is 0.250 e. The first-order chi connectivity index (χ1) is 8.74. The first-order valence-electron chi connectivity index (χ1n) is 6.79. The lowest BCUT2D eigenvalue weighted by Gasteiger charge is -2.37. The largest absolute Gasteiger partial charge is 0.314 e. The van der Waals surface area contributed by atoms with Crippen molar-refractivity contribution < 1.29 is 0 Å². The number of rotatable bonds is 3. The molecule has 1 aromatic rings. The molecule has 3 heterocycles. The highest BCUT2D eigenvalue weighted by Gasteiger charge is 2.39. The molecule has 2 atom stereocenters. The molecule has 0 N–H and O–H groups in total. The fraction of sp³-hybridized carbons (Fsp3) is 0.643. The molecule has 0 saturated carbocycles. The maximum atomic E-state index is 11.6. The smallest absolute Gasteiger partial charge is 0.250 e. The predicted octanol–water partition coefficient (Wildman–Crippen LogP) is 2.08. The van der Waals surface area contributed by atoms with Gasteiger partial charge in [0.2, 0.25) is 0 Å². The van der Waals surface area contributed by atoms with E-state index in [4.69, 9.17) is 11.6 Å². The lowest BCUT2D eigenvalue weighted by molar-refractivity contribution is 0.137. The molecule has 2 aliphatic heterocycles. The highest BCUT2D eigenvalue weighted by molar-refractivity contribution is 6.20. The Bertz CT molecular complexity index is 459. The quantitative estimate of drug-likeness (QED) is 0.783. The minimum Gasteiger partial charge on any atom is -0.314 e. The van der Waals surface area contributed by atoms with Crippen LogP contribution < -0.4 is 5.56 Å². The number of nitrogens with zero attached hydrogens (tertiary/aromatic N) is 2. The van der Waals surface area contributed by atoms with E-state index >= 15 is 0 Å². The number of fused-ring (bicyclic) bond motifs is 2. The first-order valence-corrected chi connectivity index (χ1v) is 7.23. The van der Waals surface area contributed by atoms with Gasteiger partial charge in [0.1, 0.15) is 0 Å². The zero-order valence-electron chi connectivity index (χ0n) is 10.5. The third-order valence-corrected chi connectivity index (χ3v) is 4.68. The molecule has 0 spiro atoms. The molecule has 2 fully saturated rings. The summed E-state index contributed by atoms with van der Waals surface area (Å²) in [6.07, 6.45) is 6.65. The van der Waals surface area contributed by atoms with E-state index < -0.39 is 0 Å². The molecule has 1 aromatic heterocycles. The van der Waals surface area contributed by atoms with Gasteiger partial charge in [0, 0.05) is 42.8 Å². The Hall–Kier alpha value is -0.800. The van der Waals surface area contributed by atoms with Crippen molar-refractivity contribution >= 4 is 11.6 Å². The second-order valence-electron chi connectivity index (χ2n) is 5.42. The fourth-order valence-corrected chi connectivity index (χ4v) is 3.85. The summed E-state index contributed by atoms with van der Waals surface area (Å²) in [5.74, 6) is 0. The number of piperidine rings is 1. The highest BCUT2D eigenvalue weighted by atomic mass is 35.5. The lowest BCUT2D eigenvalue weighted by atomic mass is 10.0. The van der Waals surface area contributed by atoms with Crippen molar-refractivity contribution in [2.24, 2.45) is 0 Å². The summed E-state index contributed by atoms with van der Waals surface area (Å²) in [6.45, 7) is 1.77. The molecular formula is C14H19ClN2O. The number of alkyl halides is 1. The van der Waals surface area contributed by atoms with Gasteiger partial charge in [-0.15, -0.1) is 11.6 Å². The summed E-state index contributed by atoms with van der Waals surface area (Å²) < 4.78 is 1.80. The summed E-state index contributed by atoms with van der Waals surface area (Å²) in [5, 5.41) is 0.359. The van der Waals surface area contributed by atoms with Gasteiger partial charge in [-0.05, 0) is 31.7 Å². The monoisotopic (exact) mass is 266 g/mol. The molecule has 0 radical (unpaired) electrons. The van der Waals surface area contributed by atoms with Gasteiger partial charge >= 0.3 is 0 Å². The Morgan fingerprint density at radius 1 is 1.17 bits per heavy atom. The molecule has 3 rings (SSSR count). The van der Waals surface area contributed by atoms with Crippen LogP contribution >= 0.6 is 11.6 Å². The van der Waals surface area contributed by atoms with Crippen molar-refractivity contribution in [3.8, 4) is 0 Å². The Kier molecular flexibility index (Phi) is 3.44. The molecule has 4 heteroatoms. The lowest BCUT2D eigenvalue weighted by Crippen LogP contribution is -2.45. The normalized spacial score (nSPS) is 31.7. The van der Waals surface area contributed by atoms with Gasteiger partial charge in [-0.2, -0.15) is 0 Å². The van der Waals surface area contributed by atoms with Crippen LogP contribution in [0.4, 0.5) is 0 Å². The average molecular weight is 267 g/mol. The SMILES string of the molecule is O=c1ccccn1CCN1C2CCC1CC(Cl)C2. The molecule has 0 aromatic carbocycles. The maximum absolute atomic E-state index is 11.6. The van der Waals surface area contributed by atoms with E-state index in [2.05, 4.69) is 4.90 Å². The standard InChI is InChI=1S/C14H19ClN2O/c15-11-9-12-4-5-13(10-11)17(12)8-7-16-6-2-1-3-14(16)18/h1-3,6,11-13H,4-5,7-10H2. The molecule has 0 amide bonds. The molecule has 3 nitrogen and oxygen atoms in total. The van der Waals surface area contributed by atoms with Crippen LogP contribution in [0, 0.1) is 0 Å². The van der Waals surface area contributed by atoms with Crippen LogP contribution in [0.3, 0.4) is 0 Å². The van der Waals surface area contributed by atoms with E-state index in [-0.39, 0.29) is 5.56 Å². The van der Waals surface area contributed by atoms with E-state index in [0.717, 1.165) is 25.9 Å². The van der Waals surface area contributed by atoms with Gasteiger partial charge in [0.05, 0.1) is 0 Å². The summed E-state index contributed by atoms with van der Waals surface area (Å²) in [6, 6.07) is 6.62. The van der Waals surface area contributed by atoms with E-state index in [0.29, 0.717) is 17.5 Å². The third kappa shape index (κ3) is 2.34. The van der Waals surface area contributed by atoms with Gasteiger partial charge in [-0.25, -0.2) is 0 Å². The number of halogens is 1. The van der Waals surface area contributed by atoms with Crippen LogP contribution in [-0.4, -0.2) is 33.5 Å². The van der Waals surface area contributed by atoms with Crippen molar-refractivity contribution in [3.63, 3.8) is 0 Å². The van der Waals surface area contributed by atoms with Crippen molar-refractivity contribution in [1.29, 1.82) is 0 Å². The van der Waals surface area contributed by atoms with Crippen LogP contribution in [0.25, 0.3) is 0 Å². The van der Waals surface area contributed by atoms with E-state index in [1.165, 1.54) is 12.8 Å². The van der Waals surface area contributed by atoms with E-state index in [1.807, 2.05) is 12.3 Å². The van der Waals surface area contributed by atoms with Crippen LogP contribution in [0.2, 0.25) is 0 Å². The summed E-state index contributed by atoms with van der Waals surface area (Å²) >= 11 is 6.27. The molecule has 2 saturated heterocycles. The second-order valence-corrected chi connectivity index (χ2v) is 6.04. The molecule has 2 aliphatic rings.